The molecule has 0 spiro atoms. The third kappa shape index (κ3) is 4.34. The molecular weight excluding hydrogens is 464 g/mol. The van der Waals surface area contributed by atoms with E-state index in [1.54, 1.807) is 0 Å². The van der Waals surface area contributed by atoms with Gasteiger partial charge in [0.15, 0.2) is 5.11 Å². The van der Waals surface area contributed by atoms with Crippen LogP contribution in [0.5, 0.6) is 0 Å². The van der Waals surface area contributed by atoms with Crippen LogP contribution in [0.1, 0.15) is 35.5 Å². The highest BCUT2D eigenvalue weighted by Gasteiger charge is 2.34. The molecule has 3 aromatic carbocycles. The lowest BCUT2D eigenvalue weighted by Crippen LogP contribution is -2.45. The molecule has 5 nitrogen and oxygen atoms in total. The lowest BCUT2D eigenvalue weighted by Gasteiger charge is -2.37. The number of aryl methyl sites for hydroxylation is 1. The Balaban J connectivity index is 1.60. The average Bonchev–Trinajstić information content (AvgIpc) is 3.33. The lowest BCUT2D eigenvalue weighted by molar-refractivity contribution is 0.396. The summed E-state index contributed by atoms with van der Waals surface area (Å²) in [5, 5.41) is 9.09. The summed E-state index contributed by atoms with van der Waals surface area (Å²) in [6.07, 6.45) is 0. The molecule has 0 radical (unpaired) electrons. The van der Waals surface area contributed by atoms with E-state index in [0.29, 0.717) is 28.4 Å². The van der Waals surface area contributed by atoms with Gasteiger partial charge in [-0.25, -0.2) is 0 Å². The summed E-state index contributed by atoms with van der Waals surface area (Å²) in [5.41, 5.74) is 6.21. The van der Waals surface area contributed by atoms with Crippen LogP contribution in [0.4, 0.5) is 0 Å². The summed E-state index contributed by atoms with van der Waals surface area (Å²) in [4.78, 5) is 6.85. The third-order valence-corrected chi connectivity index (χ3v) is 6.67. The molecule has 1 aromatic heterocycles. The van der Waals surface area contributed by atoms with Gasteiger partial charge in [0.05, 0.1) is 18.2 Å². The molecule has 1 aliphatic heterocycles. The molecule has 0 saturated carbocycles. The molecule has 0 fully saturated rings. The Morgan fingerprint density at radius 1 is 0.971 bits per heavy atom. The highest BCUT2D eigenvalue weighted by atomic mass is 35.5. The average molecular weight is 487 g/mol. The number of aromatic nitrogens is 2. The first-order valence-corrected chi connectivity index (χ1v) is 11.8. The van der Waals surface area contributed by atoms with Crippen molar-refractivity contribution in [3.8, 4) is 11.4 Å². The van der Waals surface area contributed by atoms with Crippen LogP contribution in [-0.4, -0.2) is 20.2 Å². The van der Waals surface area contributed by atoms with Crippen LogP contribution in [0.3, 0.4) is 0 Å². The number of hydrogen-bond acceptors (Lipinski definition) is 4. The molecule has 2 heterocycles. The molecule has 7 heteroatoms. The maximum atomic E-state index is 6.04. The summed E-state index contributed by atoms with van der Waals surface area (Å²) in [7, 11) is 0. The standard InChI is InChI=1S/C27H23ClN4OS/c1-17-8-6-7-11-21(17)16-32-18(2)23(24(29-27(32)34)19-9-4-3-5-10-19)26-30-25(31-33-26)20-12-14-22(28)15-13-20/h3-15,24H,16H2,1-2H3,(H,29,34). The molecular formula is C27H23ClN4OS. The molecule has 34 heavy (non-hydrogen) atoms. The lowest BCUT2D eigenvalue weighted by atomic mass is 9.94. The molecule has 1 N–H and O–H groups in total. The molecule has 1 aliphatic rings. The zero-order valence-electron chi connectivity index (χ0n) is 18.8. The number of nitrogens with zero attached hydrogens (tertiary/aromatic N) is 3. The second-order valence-electron chi connectivity index (χ2n) is 8.23. The third-order valence-electron chi connectivity index (χ3n) is 6.08. The fourth-order valence-electron chi connectivity index (χ4n) is 4.15. The van der Waals surface area contributed by atoms with Crippen LogP contribution in [-0.2, 0) is 6.54 Å². The van der Waals surface area contributed by atoms with Gasteiger partial charge in [0.25, 0.3) is 5.89 Å². The summed E-state index contributed by atoms with van der Waals surface area (Å²) >= 11 is 11.9. The Bertz CT molecular complexity index is 1360. The first-order valence-electron chi connectivity index (χ1n) is 11.0. The topological polar surface area (TPSA) is 54.2 Å². The summed E-state index contributed by atoms with van der Waals surface area (Å²) in [5.74, 6) is 0.971. The van der Waals surface area contributed by atoms with E-state index in [4.69, 9.17) is 33.3 Å². The van der Waals surface area contributed by atoms with Crippen molar-refractivity contribution in [1.82, 2.24) is 20.4 Å². The molecule has 0 bridgehead atoms. The van der Waals surface area contributed by atoms with Crippen molar-refractivity contribution in [3.05, 3.63) is 112 Å². The summed E-state index contributed by atoms with van der Waals surface area (Å²) in [6, 6.07) is 25.7. The fourth-order valence-corrected chi connectivity index (χ4v) is 4.60. The minimum Gasteiger partial charge on any atom is -0.351 e. The maximum absolute atomic E-state index is 6.04. The second-order valence-corrected chi connectivity index (χ2v) is 9.06. The van der Waals surface area contributed by atoms with Gasteiger partial charge in [-0.05, 0) is 67.0 Å². The van der Waals surface area contributed by atoms with Crippen LogP contribution < -0.4 is 5.32 Å². The number of thiocarbonyl (C=S) groups is 1. The summed E-state index contributed by atoms with van der Waals surface area (Å²) < 4.78 is 5.81. The van der Waals surface area contributed by atoms with E-state index in [-0.39, 0.29) is 6.04 Å². The van der Waals surface area contributed by atoms with Crippen molar-refractivity contribution in [1.29, 1.82) is 0 Å². The van der Waals surface area contributed by atoms with Crippen molar-refractivity contribution in [2.45, 2.75) is 26.4 Å². The van der Waals surface area contributed by atoms with Crippen molar-refractivity contribution >= 4 is 34.5 Å². The fraction of sp³-hybridized carbons (Fsp3) is 0.148. The van der Waals surface area contributed by atoms with Crippen molar-refractivity contribution in [2.75, 3.05) is 0 Å². The SMILES string of the molecule is CC1=C(c2nc(-c3ccc(Cl)cc3)no2)C(c2ccccc2)NC(=S)N1Cc1ccccc1C. The van der Waals surface area contributed by atoms with Crippen LogP contribution in [0.2, 0.25) is 5.02 Å². The molecule has 5 rings (SSSR count). The minimum absolute atomic E-state index is 0.208. The highest BCUT2D eigenvalue weighted by molar-refractivity contribution is 7.80. The van der Waals surface area contributed by atoms with Crippen molar-refractivity contribution in [2.24, 2.45) is 0 Å². The molecule has 0 saturated heterocycles. The number of rotatable bonds is 5. The smallest absolute Gasteiger partial charge is 0.258 e. The van der Waals surface area contributed by atoms with E-state index in [1.165, 1.54) is 11.1 Å². The number of halogens is 1. The Kier molecular flexibility index (Phi) is 6.18. The molecule has 0 amide bonds. The molecule has 0 aliphatic carbocycles. The summed E-state index contributed by atoms with van der Waals surface area (Å²) in [6.45, 7) is 4.81. The number of nitrogens with one attached hydrogen (secondary N) is 1. The molecule has 1 atom stereocenters. The Morgan fingerprint density at radius 3 is 2.41 bits per heavy atom. The largest absolute Gasteiger partial charge is 0.351 e. The maximum Gasteiger partial charge on any atom is 0.258 e. The van der Waals surface area contributed by atoms with E-state index in [1.807, 2.05) is 54.6 Å². The van der Waals surface area contributed by atoms with Gasteiger partial charge in [0, 0.05) is 16.3 Å². The van der Waals surface area contributed by atoms with Crippen molar-refractivity contribution in [3.63, 3.8) is 0 Å². The second kappa shape index (κ2) is 9.41. The number of allylic oxidation sites excluding steroid dienone is 1. The van der Waals surface area contributed by atoms with Crippen LogP contribution in [0.15, 0.2) is 89.1 Å². The van der Waals surface area contributed by atoms with Gasteiger partial charge in [-0.15, -0.1) is 0 Å². The van der Waals surface area contributed by atoms with E-state index < -0.39 is 0 Å². The highest BCUT2D eigenvalue weighted by Crippen LogP contribution is 2.38. The Morgan fingerprint density at radius 2 is 1.68 bits per heavy atom. The van der Waals surface area contributed by atoms with Crippen molar-refractivity contribution < 1.29 is 4.52 Å². The first-order chi connectivity index (χ1) is 16.5. The van der Waals surface area contributed by atoms with Gasteiger partial charge < -0.3 is 14.7 Å². The van der Waals surface area contributed by atoms with E-state index >= 15 is 0 Å². The number of hydrogen-bond donors (Lipinski definition) is 1. The zero-order valence-corrected chi connectivity index (χ0v) is 20.4. The predicted octanol–water partition coefficient (Wildman–Crippen LogP) is 6.56. The molecule has 4 aromatic rings. The van der Waals surface area contributed by atoms with Gasteiger partial charge in [-0.2, -0.15) is 4.98 Å². The normalized spacial score (nSPS) is 16.0. The van der Waals surface area contributed by atoms with Gasteiger partial charge in [-0.1, -0.05) is 71.4 Å². The van der Waals surface area contributed by atoms with Crippen LogP contribution >= 0.6 is 23.8 Å². The van der Waals surface area contributed by atoms with E-state index in [9.17, 15) is 0 Å². The Hall–Kier alpha value is -3.48. The van der Waals surface area contributed by atoms with E-state index in [2.05, 4.69) is 53.5 Å². The molecule has 170 valence electrons. The Labute approximate surface area is 209 Å². The number of benzene rings is 3. The first kappa shape index (κ1) is 22.3. The van der Waals surface area contributed by atoms with Gasteiger partial charge >= 0.3 is 0 Å². The quantitative estimate of drug-likeness (QED) is 0.322. The monoisotopic (exact) mass is 486 g/mol. The predicted molar refractivity (Wildman–Crippen MR) is 139 cm³/mol. The van der Waals surface area contributed by atoms with Gasteiger partial charge in [0.1, 0.15) is 0 Å². The molecule has 1 unspecified atom stereocenters. The minimum atomic E-state index is -0.208. The zero-order chi connectivity index (χ0) is 23.7. The van der Waals surface area contributed by atoms with Crippen LogP contribution in [0.25, 0.3) is 17.0 Å². The van der Waals surface area contributed by atoms with Gasteiger partial charge in [-0.3, -0.25) is 0 Å². The van der Waals surface area contributed by atoms with E-state index in [0.717, 1.165) is 22.4 Å². The van der Waals surface area contributed by atoms with Crippen LogP contribution in [0, 0.1) is 6.92 Å². The van der Waals surface area contributed by atoms with Gasteiger partial charge in [0.2, 0.25) is 5.82 Å².